The number of aliphatic hydroxyl groups is 2. The molecule has 1 aromatic heterocycles. The normalized spacial score (nSPS) is 12.5. The average Bonchev–Trinajstić information content (AvgIpc) is 3.26. The summed E-state index contributed by atoms with van der Waals surface area (Å²) in [5.41, 5.74) is -0.0322. The molecule has 182 valence electrons. The monoisotopic (exact) mass is 505 g/mol. The maximum Gasteiger partial charge on any atom is 0.417 e. The fourth-order valence-corrected chi connectivity index (χ4v) is 3.58. The number of aromatic amines is 1. The number of amides is 1. The van der Waals surface area contributed by atoms with Gasteiger partial charge in [-0.25, -0.2) is 4.98 Å². The minimum Gasteiger partial charge on any atom is -0.491 e. The zero-order valence-corrected chi connectivity index (χ0v) is 18.7. The topological polar surface area (TPSA) is 107 Å². The van der Waals surface area contributed by atoms with Gasteiger partial charge in [-0.15, -0.1) is 0 Å². The van der Waals surface area contributed by atoms with Crippen molar-refractivity contribution in [3.63, 3.8) is 0 Å². The van der Waals surface area contributed by atoms with Gasteiger partial charge in [0.2, 0.25) is 0 Å². The zero-order valence-electron chi connectivity index (χ0n) is 17.9. The van der Waals surface area contributed by atoms with Crippen molar-refractivity contribution >= 4 is 34.2 Å². The van der Waals surface area contributed by atoms with Gasteiger partial charge in [-0.1, -0.05) is 23.7 Å². The third-order valence-electron chi connectivity index (χ3n) is 5.04. The first-order valence-electron chi connectivity index (χ1n) is 10.3. The first-order valence-corrected chi connectivity index (χ1v) is 10.7. The van der Waals surface area contributed by atoms with Crippen LogP contribution in [0.3, 0.4) is 0 Å². The third-order valence-corrected chi connectivity index (χ3v) is 5.28. The van der Waals surface area contributed by atoms with Gasteiger partial charge < -0.3 is 25.3 Å². The van der Waals surface area contributed by atoms with E-state index in [9.17, 15) is 23.1 Å². The molecule has 0 spiro atoms. The van der Waals surface area contributed by atoms with Crippen LogP contribution in [0.1, 0.15) is 15.9 Å². The first-order chi connectivity index (χ1) is 16.7. The van der Waals surface area contributed by atoms with Gasteiger partial charge in [0.25, 0.3) is 5.91 Å². The van der Waals surface area contributed by atoms with Gasteiger partial charge in [0.15, 0.2) is 0 Å². The van der Waals surface area contributed by atoms with E-state index in [1.807, 2.05) is 0 Å². The van der Waals surface area contributed by atoms with Crippen molar-refractivity contribution in [2.75, 3.05) is 18.5 Å². The van der Waals surface area contributed by atoms with E-state index in [0.717, 1.165) is 6.07 Å². The number of nitrogens with zero attached hydrogens (tertiary/aromatic N) is 1. The number of hydrogen-bond acceptors (Lipinski definition) is 5. The number of hydrogen-bond donors (Lipinski definition) is 4. The highest BCUT2D eigenvalue weighted by atomic mass is 35.5. The number of H-pyrrole nitrogens is 1. The summed E-state index contributed by atoms with van der Waals surface area (Å²) >= 11 is 5.77. The summed E-state index contributed by atoms with van der Waals surface area (Å²) in [6.45, 7) is -0.583. The van der Waals surface area contributed by atoms with Crippen LogP contribution in [0.5, 0.6) is 5.75 Å². The smallest absolute Gasteiger partial charge is 0.417 e. The molecule has 4 aromatic rings. The molecule has 0 fully saturated rings. The summed E-state index contributed by atoms with van der Waals surface area (Å²) in [5.74, 6) is -0.228. The van der Waals surface area contributed by atoms with E-state index in [4.69, 9.17) is 21.4 Å². The maximum absolute atomic E-state index is 13.6. The molecule has 0 saturated heterocycles. The minimum absolute atomic E-state index is 0.0536. The molecule has 11 heteroatoms. The summed E-state index contributed by atoms with van der Waals surface area (Å²) in [6.07, 6.45) is -5.70. The summed E-state index contributed by atoms with van der Waals surface area (Å²) < 4.78 is 46.1. The lowest BCUT2D eigenvalue weighted by Crippen LogP contribution is -2.21. The Balaban J connectivity index is 1.63. The molecule has 1 amide bonds. The van der Waals surface area contributed by atoms with Crippen LogP contribution in [0.25, 0.3) is 22.4 Å². The molecule has 3 aromatic carbocycles. The molecule has 7 nitrogen and oxygen atoms in total. The molecule has 0 radical (unpaired) electrons. The number of halogens is 4. The van der Waals surface area contributed by atoms with E-state index in [1.54, 1.807) is 30.3 Å². The number of alkyl halides is 3. The molecule has 35 heavy (non-hydrogen) atoms. The number of aromatic nitrogens is 2. The Labute approximate surface area is 202 Å². The Kier molecular flexibility index (Phi) is 6.97. The first kappa shape index (κ1) is 24.5. The van der Waals surface area contributed by atoms with Crippen molar-refractivity contribution in [1.29, 1.82) is 0 Å². The molecule has 0 aliphatic rings. The van der Waals surface area contributed by atoms with Crippen molar-refractivity contribution in [1.82, 2.24) is 9.97 Å². The predicted molar refractivity (Wildman–Crippen MR) is 125 cm³/mol. The number of rotatable bonds is 7. The van der Waals surface area contributed by atoms with Crippen LogP contribution in [0.4, 0.5) is 18.9 Å². The van der Waals surface area contributed by atoms with Crippen LogP contribution in [0, 0.1) is 0 Å². The fourth-order valence-electron chi connectivity index (χ4n) is 3.41. The lowest BCUT2D eigenvalue weighted by atomic mass is 10.1. The van der Waals surface area contributed by atoms with Crippen LogP contribution < -0.4 is 10.1 Å². The number of anilines is 1. The van der Waals surface area contributed by atoms with Gasteiger partial charge >= 0.3 is 6.18 Å². The summed E-state index contributed by atoms with van der Waals surface area (Å²) in [4.78, 5) is 20.1. The van der Waals surface area contributed by atoms with E-state index in [1.165, 1.54) is 24.3 Å². The molecule has 1 atom stereocenters. The Hall–Kier alpha value is -3.60. The zero-order chi connectivity index (χ0) is 25.2. The molecule has 0 unspecified atom stereocenters. The molecule has 0 bridgehead atoms. The lowest BCUT2D eigenvalue weighted by molar-refractivity contribution is -0.137. The van der Waals surface area contributed by atoms with E-state index in [0.29, 0.717) is 17.0 Å². The van der Waals surface area contributed by atoms with Gasteiger partial charge in [-0.2, -0.15) is 13.2 Å². The summed E-state index contributed by atoms with van der Waals surface area (Å²) in [5, 5.41) is 20.9. The van der Waals surface area contributed by atoms with Crippen molar-refractivity contribution < 1.29 is 32.9 Å². The quantitative estimate of drug-likeness (QED) is 0.286. The maximum atomic E-state index is 13.6. The SMILES string of the molecule is O=C(Nc1cccc(OC[C@H](O)CO)c1)c1cccc2[nH]c(-c3ccc(Cl)cc3C(F)(F)F)nc12. The Morgan fingerprint density at radius 2 is 1.91 bits per heavy atom. The second-order valence-corrected chi connectivity index (χ2v) is 8.04. The van der Waals surface area contributed by atoms with Crippen LogP contribution in [-0.4, -0.2) is 45.4 Å². The Morgan fingerprint density at radius 3 is 2.66 bits per heavy atom. The number of para-hydroxylation sites is 1. The molecular weight excluding hydrogens is 487 g/mol. The second-order valence-electron chi connectivity index (χ2n) is 7.60. The van der Waals surface area contributed by atoms with Crippen molar-refractivity contribution in [2.24, 2.45) is 0 Å². The van der Waals surface area contributed by atoms with E-state index in [-0.39, 0.29) is 34.1 Å². The molecule has 4 rings (SSSR count). The number of benzene rings is 3. The number of ether oxygens (including phenoxy) is 1. The number of carbonyl (C=O) groups is 1. The third kappa shape index (κ3) is 5.56. The van der Waals surface area contributed by atoms with E-state index >= 15 is 0 Å². The van der Waals surface area contributed by atoms with Crippen molar-refractivity contribution in [2.45, 2.75) is 12.3 Å². The summed E-state index contributed by atoms with van der Waals surface area (Å²) in [6, 6.07) is 14.5. The largest absolute Gasteiger partial charge is 0.491 e. The number of imidazole rings is 1. The molecule has 0 aliphatic carbocycles. The van der Waals surface area contributed by atoms with Crippen molar-refractivity contribution in [3.8, 4) is 17.1 Å². The minimum atomic E-state index is -4.65. The van der Waals surface area contributed by atoms with Gasteiger partial charge in [0.05, 0.1) is 23.3 Å². The summed E-state index contributed by atoms with van der Waals surface area (Å²) in [7, 11) is 0. The van der Waals surface area contributed by atoms with Gasteiger partial charge in [0, 0.05) is 22.3 Å². The molecule has 0 saturated carbocycles. The predicted octanol–water partition coefficient (Wildman–Crippen LogP) is 4.89. The highest BCUT2D eigenvalue weighted by molar-refractivity contribution is 6.30. The second kappa shape index (κ2) is 9.95. The van der Waals surface area contributed by atoms with Gasteiger partial charge in [-0.3, -0.25) is 4.79 Å². The van der Waals surface area contributed by atoms with E-state index in [2.05, 4.69) is 15.3 Å². The average molecular weight is 506 g/mol. The van der Waals surface area contributed by atoms with Crippen LogP contribution in [0.2, 0.25) is 5.02 Å². The number of nitrogens with one attached hydrogen (secondary N) is 2. The molecule has 4 N–H and O–H groups in total. The fraction of sp³-hybridized carbons (Fsp3) is 0.167. The molecule has 0 aliphatic heterocycles. The lowest BCUT2D eigenvalue weighted by Gasteiger charge is -2.11. The van der Waals surface area contributed by atoms with Crippen LogP contribution in [-0.2, 0) is 6.18 Å². The highest BCUT2D eigenvalue weighted by Crippen LogP contribution is 2.38. The van der Waals surface area contributed by atoms with Crippen LogP contribution in [0.15, 0.2) is 60.7 Å². The van der Waals surface area contributed by atoms with E-state index < -0.39 is 30.4 Å². The van der Waals surface area contributed by atoms with Gasteiger partial charge in [0.1, 0.15) is 29.8 Å². The number of aliphatic hydroxyl groups excluding tert-OH is 2. The molecule has 1 heterocycles. The Bertz CT molecular complexity index is 1370. The highest BCUT2D eigenvalue weighted by Gasteiger charge is 2.35. The number of fused-ring (bicyclic) bond motifs is 1. The number of carbonyl (C=O) groups excluding carboxylic acids is 1. The van der Waals surface area contributed by atoms with Crippen LogP contribution >= 0.6 is 11.6 Å². The standard InChI is InChI=1S/C24H19ClF3N3O4/c25-13-7-8-17(19(9-13)24(26,27)28)22-30-20-6-2-5-18(21(20)31-22)23(34)29-14-3-1-4-16(10-14)35-12-15(33)11-32/h1-10,15,32-33H,11-12H2,(H,29,34)(H,30,31)/t15-/m1/s1. The van der Waals surface area contributed by atoms with Gasteiger partial charge in [-0.05, 0) is 42.5 Å². The Morgan fingerprint density at radius 1 is 1.14 bits per heavy atom. The molecular formula is C24H19ClF3N3O4. The van der Waals surface area contributed by atoms with Crippen molar-refractivity contribution in [3.05, 3.63) is 76.8 Å².